The molecule has 0 radical (unpaired) electrons. The van der Waals surface area contributed by atoms with Crippen molar-refractivity contribution >= 4 is 23.0 Å². The van der Waals surface area contributed by atoms with Crippen molar-refractivity contribution < 1.29 is 19.1 Å². The average molecular weight is 304 g/mol. The second kappa shape index (κ2) is 14.7. The summed E-state index contributed by atoms with van der Waals surface area (Å²) < 4.78 is 9.54. The van der Waals surface area contributed by atoms with Crippen LogP contribution in [0, 0.1) is 0 Å². The van der Waals surface area contributed by atoms with E-state index >= 15 is 0 Å². The van der Waals surface area contributed by atoms with Crippen LogP contribution in [0.25, 0.3) is 0 Å². The van der Waals surface area contributed by atoms with Gasteiger partial charge in [0.1, 0.15) is 0 Å². The van der Waals surface area contributed by atoms with E-state index in [1.165, 1.54) is 38.5 Å². The van der Waals surface area contributed by atoms with E-state index in [1.54, 1.807) is 0 Å². The molecule has 0 rings (SSSR count). The van der Waals surface area contributed by atoms with E-state index in [0.717, 1.165) is 24.6 Å². The van der Waals surface area contributed by atoms with Crippen LogP contribution in [0.1, 0.15) is 71.6 Å². The first-order valence-electron chi connectivity index (χ1n) is 7.65. The van der Waals surface area contributed by atoms with Gasteiger partial charge in [-0.2, -0.15) is 0 Å². The highest BCUT2D eigenvalue weighted by atomic mass is 32.2. The minimum absolute atomic E-state index is 0.262. The monoisotopic (exact) mass is 304 g/mol. The topological polar surface area (TPSA) is 52.6 Å². The summed E-state index contributed by atoms with van der Waals surface area (Å²) >= 11 is 1.06. The lowest BCUT2D eigenvalue weighted by Gasteiger charge is -2.05. The molecule has 0 aliphatic heterocycles. The first kappa shape index (κ1) is 19.3. The minimum atomic E-state index is -0.396. The zero-order valence-corrected chi connectivity index (χ0v) is 13.6. The van der Waals surface area contributed by atoms with Crippen molar-refractivity contribution in [1.82, 2.24) is 0 Å². The second-order valence-electron chi connectivity index (χ2n) is 4.69. The summed E-state index contributed by atoms with van der Waals surface area (Å²) in [5.41, 5.74) is 0. The lowest BCUT2D eigenvalue weighted by molar-refractivity contribution is -0.151. The Morgan fingerprint density at radius 2 is 1.45 bits per heavy atom. The summed E-state index contributed by atoms with van der Waals surface area (Å²) in [6.07, 6.45) is 9.96. The van der Waals surface area contributed by atoms with E-state index in [1.807, 2.05) is 6.92 Å². The van der Waals surface area contributed by atoms with Crippen LogP contribution in [0.4, 0.5) is 4.79 Å². The molecule has 20 heavy (non-hydrogen) atoms. The van der Waals surface area contributed by atoms with E-state index in [0.29, 0.717) is 12.2 Å². The van der Waals surface area contributed by atoms with Crippen molar-refractivity contribution in [2.24, 2.45) is 0 Å². The quantitative estimate of drug-likeness (QED) is 0.291. The Kier molecular flexibility index (Phi) is 14.2. The molecule has 0 aromatic carbocycles. The van der Waals surface area contributed by atoms with Gasteiger partial charge in [0.05, 0.1) is 0 Å². The molecule has 4 nitrogen and oxygen atoms in total. The van der Waals surface area contributed by atoms with Gasteiger partial charge in [-0.15, -0.1) is 0 Å². The third-order valence-corrected chi connectivity index (χ3v) is 3.54. The van der Waals surface area contributed by atoms with Crippen molar-refractivity contribution in [3.8, 4) is 0 Å². The predicted octanol–water partition coefficient (Wildman–Crippen LogP) is 4.91. The number of unbranched alkanes of at least 4 members (excludes halogenated alkanes) is 7. The van der Waals surface area contributed by atoms with Crippen molar-refractivity contribution in [3.05, 3.63) is 0 Å². The van der Waals surface area contributed by atoms with Crippen molar-refractivity contribution in [3.63, 3.8) is 0 Å². The summed E-state index contributed by atoms with van der Waals surface area (Å²) in [7, 11) is 0. The van der Waals surface area contributed by atoms with Crippen molar-refractivity contribution in [1.29, 1.82) is 0 Å². The van der Waals surface area contributed by atoms with E-state index < -0.39 is 5.30 Å². The van der Waals surface area contributed by atoms with Gasteiger partial charge in [0.15, 0.2) is 0 Å². The molecular weight excluding hydrogens is 276 g/mol. The molecule has 0 aromatic heterocycles. The largest absolute Gasteiger partial charge is 0.428 e. The zero-order valence-electron chi connectivity index (χ0n) is 12.8. The third-order valence-electron chi connectivity index (χ3n) is 2.89. The highest BCUT2D eigenvalue weighted by Gasteiger charge is 2.05. The van der Waals surface area contributed by atoms with Gasteiger partial charge in [0.2, 0.25) is 6.79 Å². The van der Waals surface area contributed by atoms with Crippen LogP contribution < -0.4 is 0 Å². The molecule has 0 atom stereocenters. The Morgan fingerprint density at radius 1 is 0.850 bits per heavy atom. The van der Waals surface area contributed by atoms with Crippen LogP contribution in [0.3, 0.4) is 0 Å². The fourth-order valence-electron chi connectivity index (χ4n) is 1.78. The maximum absolute atomic E-state index is 11.3. The lowest BCUT2D eigenvalue weighted by Crippen LogP contribution is -2.10. The number of carbonyl (C=O) groups is 2. The molecule has 118 valence electrons. The fraction of sp³-hybridized carbons (Fsp3) is 0.867. The van der Waals surface area contributed by atoms with E-state index in [-0.39, 0.29) is 12.8 Å². The molecule has 0 N–H and O–H groups in total. The molecule has 5 heteroatoms. The summed E-state index contributed by atoms with van der Waals surface area (Å²) in [6, 6.07) is 0. The number of esters is 1. The van der Waals surface area contributed by atoms with Gasteiger partial charge in [-0.3, -0.25) is 4.79 Å². The number of hydrogen-bond acceptors (Lipinski definition) is 5. The van der Waals surface area contributed by atoms with Crippen molar-refractivity contribution in [2.45, 2.75) is 71.6 Å². The van der Waals surface area contributed by atoms with Crippen LogP contribution in [-0.2, 0) is 14.3 Å². The molecule has 0 unspecified atom stereocenters. The molecule has 0 aliphatic carbocycles. The molecule has 0 aromatic rings. The normalized spacial score (nSPS) is 10.3. The number of rotatable bonds is 12. The van der Waals surface area contributed by atoms with E-state index in [9.17, 15) is 9.59 Å². The van der Waals surface area contributed by atoms with Crippen LogP contribution in [-0.4, -0.2) is 23.8 Å². The third kappa shape index (κ3) is 13.7. The van der Waals surface area contributed by atoms with Crippen LogP contribution in [0.15, 0.2) is 0 Å². The molecule has 0 saturated heterocycles. The molecule has 0 heterocycles. The van der Waals surface area contributed by atoms with Gasteiger partial charge in [-0.05, 0) is 18.2 Å². The highest BCUT2D eigenvalue weighted by Crippen LogP contribution is 2.10. The summed E-state index contributed by atoms with van der Waals surface area (Å²) in [5.74, 6) is 0.371. The second-order valence-corrected chi connectivity index (χ2v) is 5.89. The number of hydrogen-bond donors (Lipinski definition) is 0. The Morgan fingerprint density at radius 3 is 2.05 bits per heavy atom. The highest BCUT2D eigenvalue weighted by molar-refractivity contribution is 8.13. The Hall–Kier alpha value is -0.710. The summed E-state index contributed by atoms with van der Waals surface area (Å²) in [4.78, 5) is 22.3. The van der Waals surface area contributed by atoms with Crippen LogP contribution >= 0.6 is 11.8 Å². The fourth-order valence-corrected chi connectivity index (χ4v) is 2.15. The Labute approximate surface area is 127 Å². The van der Waals surface area contributed by atoms with Gasteiger partial charge in [-0.1, -0.05) is 58.8 Å². The number of ether oxygens (including phenoxy) is 2. The minimum Gasteiger partial charge on any atom is -0.428 e. The molecule has 0 aliphatic rings. The standard InChI is InChI=1S/C15H28O4S/c1-3-5-6-7-8-9-10-11-12-14(16)18-13-19-15(17)20-4-2/h3-13H2,1-2H3. The first-order chi connectivity index (χ1) is 9.70. The lowest BCUT2D eigenvalue weighted by atomic mass is 10.1. The van der Waals surface area contributed by atoms with Gasteiger partial charge in [-0.25, -0.2) is 4.79 Å². The molecule has 0 fully saturated rings. The van der Waals surface area contributed by atoms with E-state index in [4.69, 9.17) is 9.47 Å². The summed E-state index contributed by atoms with van der Waals surface area (Å²) in [6.45, 7) is 3.81. The molecule has 0 spiro atoms. The molecule has 0 saturated carbocycles. The molecule has 0 amide bonds. The van der Waals surface area contributed by atoms with Gasteiger partial charge in [0, 0.05) is 12.2 Å². The maximum atomic E-state index is 11.3. The summed E-state index contributed by atoms with van der Waals surface area (Å²) in [5, 5.41) is -0.396. The van der Waals surface area contributed by atoms with E-state index in [2.05, 4.69) is 6.92 Å². The first-order valence-corrected chi connectivity index (χ1v) is 8.64. The van der Waals surface area contributed by atoms with Gasteiger partial charge in [0.25, 0.3) is 0 Å². The van der Waals surface area contributed by atoms with Gasteiger partial charge < -0.3 is 9.47 Å². The number of carbonyl (C=O) groups excluding carboxylic acids is 2. The predicted molar refractivity (Wildman–Crippen MR) is 82.8 cm³/mol. The Balaban J connectivity index is 3.26. The molecular formula is C15H28O4S. The zero-order chi connectivity index (χ0) is 15.1. The van der Waals surface area contributed by atoms with Crippen molar-refractivity contribution in [2.75, 3.05) is 12.5 Å². The number of thioether (sulfide) groups is 1. The van der Waals surface area contributed by atoms with Gasteiger partial charge >= 0.3 is 11.3 Å². The average Bonchev–Trinajstić information content (AvgIpc) is 2.42. The maximum Gasteiger partial charge on any atom is 0.370 e. The Bertz CT molecular complexity index is 256. The smallest absolute Gasteiger partial charge is 0.370 e. The van der Waals surface area contributed by atoms with Crippen LogP contribution in [0.2, 0.25) is 0 Å². The molecule has 0 bridgehead atoms. The van der Waals surface area contributed by atoms with Crippen LogP contribution in [0.5, 0.6) is 0 Å². The SMILES string of the molecule is CCCCCCCCCCC(=O)OCOC(=O)SCC.